The maximum absolute atomic E-state index is 13.5. The van der Waals surface area contributed by atoms with Gasteiger partial charge in [-0.05, 0) is 52.3 Å². The van der Waals surface area contributed by atoms with Crippen LogP contribution in [0.1, 0.15) is 52.7 Å². The van der Waals surface area contributed by atoms with E-state index in [0.717, 1.165) is 17.7 Å². The highest BCUT2D eigenvalue weighted by molar-refractivity contribution is 7.91. The van der Waals surface area contributed by atoms with Crippen molar-refractivity contribution in [3.63, 3.8) is 0 Å². The van der Waals surface area contributed by atoms with E-state index in [9.17, 15) is 8.42 Å². The molecular weight excluding hydrogens is 372 g/mol. The van der Waals surface area contributed by atoms with E-state index in [1.807, 2.05) is 39.0 Å². The van der Waals surface area contributed by atoms with Crippen LogP contribution in [0.5, 0.6) is 5.75 Å². The fraction of sp³-hybridized carbons (Fsp3) is 0.478. The lowest BCUT2D eigenvalue weighted by Gasteiger charge is -2.24. The Morgan fingerprint density at radius 3 is 2.25 bits per heavy atom. The van der Waals surface area contributed by atoms with E-state index in [2.05, 4.69) is 20.8 Å². The van der Waals surface area contributed by atoms with Crippen molar-refractivity contribution in [2.75, 3.05) is 13.2 Å². The Kier molecular flexibility index (Phi) is 5.36. The SMILES string of the molecule is CC(C)(C)c1cccc(S(=O)(=O)c2ccc(OCC3CO3)cc2C(C)(C)C)c1. The van der Waals surface area contributed by atoms with Gasteiger partial charge in [-0.25, -0.2) is 8.42 Å². The largest absolute Gasteiger partial charge is 0.491 e. The number of epoxide rings is 1. The topological polar surface area (TPSA) is 55.9 Å². The van der Waals surface area contributed by atoms with Crippen molar-refractivity contribution in [1.82, 2.24) is 0 Å². The van der Waals surface area contributed by atoms with E-state index in [0.29, 0.717) is 22.1 Å². The predicted molar refractivity (Wildman–Crippen MR) is 111 cm³/mol. The van der Waals surface area contributed by atoms with Gasteiger partial charge in [-0.2, -0.15) is 0 Å². The molecule has 1 unspecified atom stereocenters. The summed E-state index contributed by atoms with van der Waals surface area (Å²) in [4.78, 5) is 0.659. The van der Waals surface area contributed by atoms with Crippen LogP contribution in [-0.4, -0.2) is 27.7 Å². The first kappa shape index (κ1) is 20.9. The van der Waals surface area contributed by atoms with Crippen molar-refractivity contribution in [3.8, 4) is 5.75 Å². The minimum Gasteiger partial charge on any atom is -0.491 e. The quantitative estimate of drug-likeness (QED) is 0.668. The molecule has 0 aromatic heterocycles. The molecule has 0 N–H and O–H groups in total. The summed E-state index contributed by atoms with van der Waals surface area (Å²) in [5.41, 5.74) is 1.28. The Morgan fingerprint density at radius 1 is 1.00 bits per heavy atom. The van der Waals surface area contributed by atoms with Crippen LogP contribution < -0.4 is 4.74 Å². The van der Waals surface area contributed by atoms with Crippen LogP contribution in [0, 0.1) is 0 Å². The minimum atomic E-state index is -3.65. The molecule has 1 heterocycles. The van der Waals surface area contributed by atoms with Gasteiger partial charge in [-0.3, -0.25) is 0 Å². The van der Waals surface area contributed by atoms with Crippen LogP contribution in [0.15, 0.2) is 52.3 Å². The van der Waals surface area contributed by atoms with Crippen LogP contribution in [0.25, 0.3) is 0 Å². The van der Waals surface area contributed by atoms with Crippen LogP contribution >= 0.6 is 0 Å². The van der Waals surface area contributed by atoms with Gasteiger partial charge in [0.25, 0.3) is 0 Å². The Morgan fingerprint density at radius 2 is 1.68 bits per heavy atom. The molecule has 1 fully saturated rings. The van der Waals surface area contributed by atoms with Crippen molar-refractivity contribution < 1.29 is 17.9 Å². The van der Waals surface area contributed by atoms with Crippen LogP contribution in [0.4, 0.5) is 0 Å². The van der Waals surface area contributed by atoms with Crippen molar-refractivity contribution in [2.45, 2.75) is 68.3 Å². The average molecular weight is 403 g/mol. The molecule has 4 nitrogen and oxygen atoms in total. The molecule has 0 spiro atoms. The zero-order valence-electron chi connectivity index (χ0n) is 17.6. The summed E-state index contributed by atoms with van der Waals surface area (Å²) in [6, 6.07) is 12.5. The maximum Gasteiger partial charge on any atom is 0.206 e. The first-order valence-electron chi connectivity index (χ1n) is 9.63. The van der Waals surface area contributed by atoms with Crippen molar-refractivity contribution >= 4 is 9.84 Å². The molecule has 152 valence electrons. The molecule has 1 aliphatic heterocycles. The second-order valence-electron chi connectivity index (χ2n) is 9.46. The van der Waals surface area contributed by atoms with Gasteiger partial charge in [-0.15, -0.1) is 0 Å². The monoisotopic (exact) mass is 402 g/mol. The van der Waals surface area contributed by atoms with Crippen molar-refractivity contribution in [3.05, 3.63) is 53.6 Å². The highest BCUT2D eigenvalue weighted by Crippen LogP contribution is 2.36. The number of benzene rings is 2. The average Bonchev–Trinajstić information content (AvgIpc) is 3.43. The number of hydrogen-bond donors (Lipinski definition) is 0. The van der Waals surface area contributed by atoms with E-state index in [1.165, 1.54) is 0 Å². The summed E-state index contributed by atoms with van der Waals surface area (Å²) in [6.07, 6.45) is 0.154. The maximum atomic E-state index is 13.5. The molecule has 2 aromatic rings. The van der Waals surface area contributed by atoms with Gasteiger partial charge in [0.1, 0.15) is 18.5 Å². The molecule has 1 saturated heterocycles. The predicted octanol–water partition coefficient (Wildman–Crippen LogP) is 4.89. The summed E-state index contributed by atoms with van der Waals surface area (Å²) >= 11 is 0. The minimum absolute atomic E-state index is 0.124. The molecule has 0 aliphatic carbocycles. The Bertz CT molecular complexity index is 959. The molecule has 28 heavy (non-hydrogen) atoms. The summed E-state index contributed by atoms with van der Waals surface area (Å²) < 4.78 is 38.0. The third-order valence-electron chi connectivity index (χ3n) is 4.90. The number of rotatable bonds is 5. The summed E-state index contributed by atoms with van der Waals surface area (Å²) in [6.45, 7) is 13.5. The van der Waals surface area contributed by atoms with Crippen LogP contribution in [-0.2, 0) is 25.4 Å². The van der Waals surface area contributed by atoms with Gasteiger partial charge in [0, 0.05) is 0 Å². The molecular formula is C23H30O4S. The molecule has 0 amide bonds. The lowest BCUT2D eigenvalue weighted by atomic mass is 9.87. The van der Waals surface area contributed by atoms with Crippen LogP contribution in [0.3, 0.4) is 0 Å². The fourth-order valence-electron chi connectivity index (χ4n) is 3.03. The number of ether oxygens (including phenoxy) is 2. The molecule has 0 bridgehead atoms. The number of hydrogen-bond acceptors (Lipinski definition) is 4. The van der Waals surface area contributed by atoms with Crippen molar-refractivity contribution in [2.24, 2.45) is 0 Å². The first-order chi connectivity index (χ1) is 12.9. The lowest BCUT2D eigenvalue weighted by Crippen LogP contribution is -2.18. The highest BCUT2D eigenvalue weighted by Gasteiger charge is 2.29. The molecule has 5 heteroatoms. The van der Waals surface area contributed by atoms with Gasteiger partial charge in [-0.1, -0.05) is 53.7 Å². The van der Waals surface area contributed by atoms with Crippen molar-refractivity contribution in [1.29, 1.82) is 0 Å². The van der Waals surface area contributed by atoms with Gasteiger partial charge >= 0.3 is 0 Å². The molecule has 3 rings (SSSR count). The molecule has 0 radical (unpaired) electrons. The Balaban J connectivity index is 2.05. The standard InChI is InChI=1S/C23H30O4S/c1-22(2,3)16-8-7-9-19(12-16)28(24,25)21-11-10-17(26-14-18-15-27-18)13-20(21)23(4,5)6/h7-13,18H,14-15H2,1-6H3. The lowest BCUT2D eigenvalue weighted by molar-refractivity contribution is 0.262. The Hall–Kier alpha value is -1.85. The smallest absolute Gasteiger partial charge is 0.206 e. The Labute approximate surface area is 168 Å². The van der Waals surface area contributed by atoms with Gasteiger partial charge in [0.2, 0.25) is 9.84 Å². The van der Waals surface area contributed by atoms with E-state index in [4.69, 9.17) is 9.47 Å². The molecule has 0 saturated carbocycles. The highest BCUT2D eigenvalue weighted by atomic mass is 32.2. The third-order valence-corrected chi connectivity index (χ3v) is 6.71. The molecule has 1 aliphatic rings. The van der Waals surface area contributed by atoms with Gasteiger partial charge in [0.05, 0.1) is 16.4 Å². The third kappa shape index (κ3) is 4.58. The molecule has 2 aromatic carbocycles. The van der Waals surface area contributed by atoms with Crippen LogP contribution in [0.2, 0.25) is 0 Å². The normalized spacial score (nSPS) is 17.4. The number of sulfone groups is 1. The zero-order valence-corrected chi connectivity index (χ0v) is 18.4. The fourth-order valence-corrected chi connectivity index (χ4v) is 4.73. The van der Waals surface area contributed by atoms with E-state index in [1.54, 1.807) is 24.3 Å². The van der Waals surface area contributed by atoms with E-state index in [-0.39, 0.29) is 16.9 Å². The molecule has 1 atom stereocenters. The summed E-state index contributed by atoms with van der Waals surface area (Å²) in [5.74, 6) is 0.669. The second-order valence-corrected chi connectivity index (χ2v) is 11.4. The first-order valence-corrected chi connectivity index (χ1v) is 11.1. The summed E-state index contributed by atoms with van der Waals surface area (Å²) in [7, 11) is -3.65. The van der Waals surface area contributed by atoms with E-state index < -0.39 is 9.84 Å². The zero-order chi connectivity index (χ0) is 20.7. The second kappa shape index (κ2) is 7.20. The summed E-state index contributed by atoms with van der Waals surface area (Å²) in [5, 5.41) is 0. The van der Waals surface area contributed by atoms with E-state index >= 15 is 0 Å². The van der Waals surface area contributed by atoms with Gasteiger partial charge in [0.15, 0.2) is 0 Å². The van der Waals surface area contributed by atoms with Gasteiger partial charge < -0.3 is 9.47 Å².